The second-order valence-electron chi connectivity index (χ2n) is 4.56. The Morgan fingerprint density at radius 1 is 1.11 bits per heavy atom. The van der Waals surface area contributed by atoms with Crippen molar-refractivity contribution < 1.29 is 0 Å². The van der Waals surface area contributed by atoms with Crippen LogP contribution in [0, 0.1) is 0 Å². The minimum Gasteiger partial charge on any atom is -0.339 e. The predicted octanol–water partition coefficient (Wildman–Crippen LogP) is 4.25. The Balaban J connectivity index is 2.10. The lowest BCUT2D eigenvalue weighted by atomic mass is 10.0. The highest BCUT2D eigenvalue weighted by atomic mass is 35.5. The Hall–Kier alpha value is -1.80. The van der Waals surface area contributed by atoms with Crippen LogP contribution in [0.25, 0.3) is 10.9 Å². The van der Waals surface area contributed by atoms with E-state index in [1.165, 1.54) is 10.9 Å². The first-order valence-corrected chi connectivity index (χ1v) is 6.95. The maximum atomic E-state index is 5.99. The van der Waals surface area contributed by atoms with Crippen molar-refractivity contribution in [2.24, 2.45) is 0 Å². The lowest BCUT2D eigenvalue weighted by Crippen LogP contribution is -2.10. The van der Waals surface area contributed by atoms with E-state index in [4.69, 9.17) is 11.6 Å². The summed E-state index contributed by atoms with van der Waals surface area (Å²) in [5.41, 5.74) is 2.44. The standard InChI is InChI=1S/C16H15ClN2/c17-9-6-15(13-4-2-1-3-5-13)19-11-8-14-7-10-18-12-16(14)19/h1-5,7-8,10-12,15H,6,9H2. The number of alkyl halides is 1. The summed E-state index contributed by atoms with van der Waals surface area (Å²) >= 11 is 5.99. The molecule has 0 amide bonds. The number of benzene rings is 1. The lowest BCUT2D eigenvalue weighted by Gasteiger charge is -2.19. The fourth-order valence-corrected chi connectivity index (χ4v) is 2.72. The van der Waals surface area contributed by atoms with Crippen LogP contribution in [0.2, 0.25) is 0 Å². The van der Waals surface area contributed by atoms with E-state index in [9.17, 15) is 0 Å². The lowest BCUT2D eigenvalue weighted by molar-refractivity contribution is 0.588. The van der Waals surface area contributed by atoms with E-state index in [2.05, 4.69) is 46.1 Å². The first kappa shape index (κ1) is 12.2. The first-order chi connectivity index (χ1) is 9.40. The molecule has 0 bridgehead atoms. The predicted molar refractivity (Wildman–Crippen MR) is 79.7 cm³/mol. The second-order valence-corrected chi connectivity index (χ2v) is 4.94. The molecule has 3 heteroatoms. The molecule has 0 aliphatic carbocycles. The molecular weight excluding hydrogens is 256 g/mol. The van der Waals surface area contributed by atoms with Crippen LogP contribution in [0.3, 0.4) is 0 Å². The fraction of sp³-hybridized carbons (Fsp3) is 0.188. The number of hydrogen-bond acceptors (Lipinski definition) is 1. The molecule has 2 nitrogen and oxygen atoms in total. The zero-order valence-electron chi connectivity index (χ0n) is 10.5. The van der Waals surface area contributed by atoms with Crippen molar-refractivity contribution in [2.75, 3.05) is 5.88 Å². The Kier molecular flexibility index (Phi) is 3.51. The third kappa shape index (κ3) is 2.36. The topological polar surface area (TPSA) is 17.8 Å². The summed E-state index contributed by atoms with van der Waals surface area (Å²) in [6.07, 6.45) is 6.77. The number of halogens is 1. The van der Waals surface area contributed by atoms with Gasteiger partial charge in [0.2, 0.25) is 0 Å². The summed E-state index contributed by atoms with van der Waals surface area (Å²) in [5.74, 6) is 0.638. The Bertz CT molecular complexity index is 661. The Morgan fingerprint density at radius 3 is 2.74 bits per heavy atom. The Labute approximate surface area is 117 Å². The van der Waals surface area contributed by atoms with Crippen LogP contribution < -0.4 is 0 Å². The molecule has 0 spiro atoms. The quantitative estimate of drug-likeness (QED) is 0.648. The van der Waals surface area contributed by atoms with E-state index in [0.29, 0.717) is 5.88 Å². The smallest absolute Gasteiger partial charge is 0.0672 e. The molecule has 0 aliphatic rings. The Morgan fingerprint density at radius 2 is 1.95 bits per heavy atom. The van der Waals surface area contributed by atoms with Crippen LogP contribution in [-0.2, 0) is 0 Å². The number of fused-ring (bicyclic) bond motifs is 1. The number of nitrogens with zero attached hydrogens (tertiary/aromatic N) is 2. The minimum atomic E-state index is 0.264. The summed E-state index contributed by atoms with van der Waals surface area (Å²) in [5, 5.41) is 1.21. The van der Waals surface area contributed by atoms with Crippen molar-refractivity contribution in [1.82, 2.24) is 9.55 Å². The first-order valence-electron chi connectivity index (χ1n) is 6.41. The summed E-state index contributed by atoms with van der Waals surface area (Å²) in [6, 6.07) is 14.9. The molecule has 3 aromatic rings. The van der Waals surface area contributed by atoms with Crippen LogP contribution in [-0.4, -0.2) is 15.4 Å². The van der Waals surface area contributed by atoms with Crippen molar-refractivity contribution in [2.45, 2.75) is 12.5 Å². The van der Waals surface area contributed by atoms with E-state index >= 15 is 0 Å². The van der Waals surface area contributed by atoms with Gasteiger partial charge in [-0.2, -0.15) is 0 Å². The van der Waals surface area contributed by atoms with Gasteiger partial charge < -0.3 is 4.57 Å². The van der Waals surface area contributed by atoms with Gasteiger partial charge in [-0.3, -0.25) is 4.98 Å². The van der Waals surface area contributed by atoms with Crippen molar-refractivity contribution in [3.63, 3.8) is 0 Å². The molecule has 1 atom stereocenters. The summed E-state index contributed by atoms with van der Waals surface area (Å²) in [7, 11) is 0. The highest BCUT2D eigenvalue weighted by molar-refractivity contribution is 6.17. The molecule has 1 unspecified atom stereocenters. The van der Waals surface area contributed by atoms with Crippen molar-refractivity contribution in [3.8, 4) is 0 Å². The molecule has 96 valence electrons. The van der Waals surface area contributed by atoms with Crippen molar-refractivity contribution in [3.05, 3.63) is 66.6 Å². The van der Waals surface area contributed by atoms with Gasteiger partial charge in [0.15, 0.2) is 0 Å². The van der Waals surface area contributed by atoms with E-state index in [-0.39, 0.29) is 6.04 Å². The van der Waals surface area contributed by atoms with Crippen molar-refractivity contribution >= 4 is 22.5 Å². The molecule has 1 aromatic carbocycles. The van der Waals surface area contributed by atoms with E-state index in [1.54, 1.807) is 0 Å². The molecule has 0 N–H and O–H groups in total. The molecule has 19 heavy (non-hydrogen) atoms. The summed E-state index contributed by atoms with van der Waals surface area (Å²) < 4.78 is 2.26. The normalized spacial score (nSPS) is 12.7. The average Bonchev–Trinajstić information content (AvgIpc) is 2.89. The fourth-order valence-electron chi connectivity index (χ4n) is 2.51. The van der Waals surface area contributed by atoms with Crippen LogP contribution >= 0.6 is 11.6 Å². The average molecular weight is 271 g/mol. The number of hydrogen-bond donors (Lipinski definition) is 0. The van der Waals surface area contributed by atoms with Gasteiger partial charge in [-0.15, -0.1) is 11.6 Å². The molecule has 2 heterocycles. The molecule has 0 fully saturated rings. The van der Waals surface area contributed by atoms with Crippen LogP contribution in [0.1, 0.15) is 18.0 Å². The molecule has 2 aromatic heterocycles. The van der Waals surface area contributed by atoms with Crippen LogP contribution in [0.5, 0.6) is 0 Å². The molecule has 0 saturated carbocycles. The van der Waals surface area contributed by atoms with Gasteiger partial charge in [0.25, 0.3) is 0 Å². The van der Waals surface area contributed by atoms with Crippen molar-refractivity contribution in [1.29, 1.82) is 0 Å². The maximum absolute atomic E-state index is 5.99. The van der Waals surface area contributed by atoms with E-state index in [1.807, 2.05) is 24.5 Å². The number of rotatable bonds is 4. The van der Waals surface area contributed by atoms with Gasteiger partial charge in [0, 0.05) is 23.7 Å². The van der Waals surface area contributed by atoms with Gasteiger partial charge in [0.05, 0.1) is 17.8 Å². The van der Waals surface area contributed by atoms with Gasteiger partial charge >= 0.3 is 0 Å². The zero-order chi connectivity index (χ0) is 13.1. The maximum Gasteiger partial charge on any atom is 0.0672 e. The van der Waals surface area contributed by atoms with E-state index < -0.39 is 0 Å². The van der Waals surface area contributed by atoms with Gasteiger partial charge in [0.1, 0.15) is 0 Å². The third-order valence-corrected chi connectivity index (χ3v) is 3.65. The monoisotopic (exact) mass is 270 g/mol. The number of pyridine rings is 1. The van der Waals surface area contributed by atoms with Crippen LogP contribution in [0.15, 0.2) is 61.1 Å². The van der Waals surface area contributed by atoms with Gasteiger partial charge in [-0.1, -0.05) is 30.3 Å². The number of aromatic nitrogens is 2. The van der Waals surface area contributed by atoms with Gasteiger partial charge in [-0.25, -0.2) is 0 Å². The SMILES string of the molecule is ClCCC(c1ccccc1)n1ccc2ccncc21. The molecule has 0 radical (unpaired) electrons. The summed E-state index contributed by atoms with van der Waals surface area (Å²) in [6.45, 7) is 0. The second kappa shape index (κ2) is 5.45. The van der Waals surface area contributed by atoms with Crippen LogP contribution in [0.4, 0.5) is 0 Å². The molecule has 0 saturated heterocycles. The largest absolute Gasteiger partial charge is 0.339 e. The van der Waals surface area contributed by atoms with Gasteiger partial charge in [-0.05, 0) is 24.1 Å². The summed E-state index contributed by atoms with van der Waals surface area (Å²) in [4.78, 5) is 4.23. The highest BCUT2D eigenvalue weighted by Crippen LogP contribution is 2.27. The highest BCUT2D eigenvalue weighted by Gasteiger charge is 2.14. The zero-order valence-corrected chi connectivity index (χ0v) is 11.3. The third-order valence-electron chi connectivity index (χ3n) is 3.43. The minimum absolute atomic E-state index is 0.264. The molecular formula is C16H15ClN2. The molecule has 0 aliphatic heterocycles. The molecule has 3 rings (SSSR count). The van der Waals surface area contributed by atoms with E-state index in [0.717, 1.165) is 11.9 Å².